The molecular weight excluding hydrogens is 252 g/mol. The molecule has 1 fully saturated rings. The van der Waals surface area contributed by atoms with E-state index in [1.807, 2.05) is 0 Å². The van der Waals surface area contributed by atoms with Gasteiger partial charge in [-0.2, -0.15) is 0 Å². The Hall–Kier alpha value is -1.14. The standard InChI is InChI=1S/C12H18N2O3S/c13-10-1-2-12(15)14(9-10)5-8-18(16)11-3-6-17-7-4-11/h1-2,9,11H,3-8,13H2. The predicted octanol–water partition coefficient (Wildman–Crippen LogP) is 0.358. The molecule has 18 heavy (non-hydrogen) atoms. The Labute approximate surface area is 108 Å². The molecule has 0 amide bonds. The van der Waals surface area contributed by atoms with Gasteiger partial charge in [0.1, 0.15) is 0 Å². The summed E-state index contributed by atoms with van der Waals surface area (Å²) >= 11 is 0. The van der Waals surface area contributed by atoms with Gasteiger partial charge in [0.25, 0.3) is 5.56 Å². The highest BCUT2D eigenvalue weighted by Crippen LogP contribution is 2.13. The predicted molar refractivity (Wildman–Crippen MR) is 72.0 cm³/mol. The molecule has 1 aromatic heterocycles. The Morgan fingerprint density at radius 1 is 1.39 bits per heavy atom. The van der Waals surface area contributed by atoms with Crippen LogP contribution in [0.1, 0.15) is 12.8 Å². The second-order valence-electron chi connectivity index (χ2n) is 4.39. The van der Waals surface area contributed by atoms with Gasteiger partial charge in [-0.05, 0) is 18.9 Å². The van der Waals surface area contributed by atoms with Gasteiger partial charge in [0.15, 0.2) is 0 Å². The summed E-state index contributed by atoms with van der Waals surface area (Å²) < 4.78 is 18.8. The Morgan fingerprint density at radius 3 is 2.83 bits per heavy atom. The highest BCUT2D eigenvalue weighted by molar-refractivity contribution is 7.85. The number of aromatic nitrogens is 1. The second kappa shape index (κ2) is 6.15. The third-order valence-electron chi connectivity index (χ3n) is 3.08. The first-order valence-corrected chi connectivity index (χ1v) is 7.46. The lowest BCUT2D eigenvalue weighted by Crippen LogP contribution is -2.29. The van der Waals surface area contributed by atoms with Gasteiger partial charge in [-0.15, -0.1) is 0 Å². The third kappa shape index (κ3) is 3.43. The first kappa shape index (κ1) is 13.3. The number of ether oxygens (including phenoxy) is 1. The van der Waals surface area contributed by atoms with E-state index in [0.29, 0.717) is 31.2 Å². The van der Waals surface area contributed by atoms with Gasteiger partial charge >= 0.3 is 0 Å². The summed E-state index contributed by atoms with van der Waals surface area (Å²) in [6.07, 6.45) is 3.29. The largest absolute Gasteiger partial charge is 0.398 e. The summed E-state index contributed by atoms with van der Waals surface area (Å²) in [6.45, 7) is 1.83. The zero-order chi connectivity index (χ0) is 13.0. The minimum absolute atomic E-state index is 0.104. The van der Waals surface area contributed by atoms with Crippen LogP contribution in [-0.2, 0) is 22.1 Å². The Balaban J connectivity index is 1.92. The zero-order valence-electron chi connectivity index (χ0n) is 10.2. The fraction of sp³-hybridized carbons (Fsp3) is 0.583. The molecule has 1 atom stereocenters. The first-order valence-electron chi connectivity index (χ1n) is 6.08. The van der Waals surface area contributed by atoms with Crippen molar-refractivity contribution in [3.63, 3.8) is 0 Å². The molecular formula is C12H18N2O3S. The minimum atomic E-state index is -0.902. The van der Waals surface area contributed by atoms with E-state index in [4.69, 9.17) is 10.5 Å². The molecule has 0 aromatic carbocycles. The molecule has 1 aliphatic heterocycles. The molecule has 0 radical (unpaired) electrons. The highest BCUT2D eigenvalue weighted by Gasteiger charge is 2.19. The molecule has 2 rings (SSSR count). The van der Waals surface area contributed by atoms with Crippen LogP contribution in [0.4, 0.5) is 5.69 Å². The Morgan fingerprint density at radius 2 is 2.11 bits per heavy atom. The number of aryl methyl sites for hydroxylation is 1. The maximum Gasteiger partial charge on any atom is 0.250 e. The normalized spacial score (nSPS) is 18.7. The van der Waals surface area contributed by atoms with Crippen LogP contribution in [0.15, 0.2) is 23.1 Å². The highest BCUT2D eigenvalue weighted by atomic mass is 32.2. The van der Waals surface area contributed by atoms with Gasteiger partial charge in [-0.1, -0.05) is 0 Å². The minimum Gasteiger partial charge on any atom is -0.398 e. The van der Waals surface area contributed by atoms with Gasteiger partial charge in [-0.25, -0.2) is 0 Å². The fourth-order valence-electron chi connectivity index (χ4n) is 2.02. The van der Waals surface area contributed by atoms with E-state index in [9.17, 15) is 9.00 Å². The second-order valence-corrected chi connectivity index (χ2v) is 6.23. The number of nitrogens with zero attached hydrogens (tertiary/aromatic N) is 1. The molecule has 1 aliphatic rings. The van der Waals surface area contributed by atoms with Gasteiger partial charge in [0.05, 0.1) is 0 Å². The van der Waals surface area contributed by atoms with Crippen molar-refractivity contribution in [1.29, 1.82) is 0 Å². The van der Waals surface area contributed by atoms with Crippen molar-refractivity contribution in [3.05, 3.63) is 28.7 Å². The lowest BCUT2D eigenvalue weighted by Gasteiger charge is -2.21. The zero-order valence-corrected chi connectivity index (χ0v) is 11.0. The van der Waals surface area contributed by atoms with Crippen LogP contribution in [0.3, 0.4) is 0 Å². The van der Waals surface area contributed by atoms with Crippen molar-refractivity contribution in [1.82, 2.24) is 4.57 Å². The molecule has 5 nitrogen and oxygen atoms in total. The smallest absolute Gasteiger partial charge is 0.250 e. The first-order chi connectivity index (χ1) is 8.66. The number of nitrogen functional groups attached to an aromatic ring is 1. The van der Waals surface area contributed by atoms with Gasteiger partial charge < -0.3 is 15.0 Å². The quantitative estimate of drug-likeness (QED) is 0.857. The van der Waals surface area contributed by atoms with Gasteiger partial charge in [0, 0.05) is 59.5 Å². The summed E-state index contributed by atoms with van der Waals surface area (Å²) in [5.74, 6) is 0.494. The van der Waals surface area contributed by atoms with E-state index < -0.39 is 10.8 Å². The molecule has 0 bridgehead atoms. The van der Waals surface area contributed by atoms with Crippen LogP contribution in [-0.4, -0.2) is 33.0 Å². The van der Waals surface area contributed by atoms with E-state index in [1.165, 1.54) is 10.6 Å². The molecule has 0 spiro atoms. The van der Waals surface area contributed by atoms with Crippen molar-refractivity contribution in [2.75, 3.05) is 24.7 Å². The van der Waals surface area contributed by atoms with E-state index in [0.717, 1.165) is 12.8 Å². The maximum atomic E-state index is 12.1. The average molecular weight is 270 g/mol. The summed E-state index contributed by atoms with van der Waals surface area (Å²) in [5.41, 5.74) is 6.07. The van der Waals surface area contributed by atoms with Crippen molar-refractivity contribution in [2.24, 2.45) is 0 Å². The Kier molecular flexibility index (Phi) is 4.54. The molecule has 1 unspecified atom stereocenters. The number of nitrogens with two attached hydrogens (primary N) is 1. The lowest BCUT2D eigenvalue weighted by molar-refractivity contribution is 0.0992. The monoisotopic (exact) mass is 270 g/mol. The van der Waals surface area contributed by atoms with E-state index in [-0.39, 0.29) is 10.8 Å². The number of rotatable bonds is 4. The van der Waals surface area contributed by atoms with Crippen LogP contribution >= 0.6 is 0 Å². The lowest BCUT2D eigenvalue weighted by atomic mass is 10.2. The summed E-state index contributed by atoms with van der Waals surface area (Å²) in [4.78, 5) is 11.5. The maximum absolute atomic E-state index is 12.1. The fourth-order valence-corrected chi connectivity index (χ4v) is 3.45. The number of anilines is 1. The number of pyridine rings is 1. The SMILES string of the molecule is Nc1ccc(=O)n(CCS(=O)C2CCOCC2)c1. The molecule has 1 saturated heterocycles. The Bertz CT molecular complexity index is 480. The summed E-state index contributed by atoms with van der Waals surface area (Å²) in [5, 5.41) is 0.204. The van der Waals surface area contributed by atoms with Crippen molar-refractivity contribution in [3.8, 4) is 0 Å². The molecule has 0 saturated carbocycles. The van der Waals surface area contributed by atoms with Crippen LogP contribution in [0.2, 0.25) is 0 Å². The van der Waals surface area contributed by atoms with Gasteiger partial charge in [0.2, 0.25) is 0 Å². The molecule has 2 heterocycles. The van der Waals surface area contributed by atoms with Crippen molar-refractivity contribution < 1.29 is 8.95 Å². The van der Waals surface area contributed by atoms with Crippen LogP contribution in [0, 0.1) is 0 Å². The molecule has 0 aliphatic carbocycles. The number of hydrogen-bond acceptors (Lipinski definition) is 4. The van der Waals surface area contributed by atoms with Crippen LogP contribution in [0.25, 0.3) is 0 Å². The third-order valence-corrected chi connectivity index (χ3v) is 4.88. The van der Waals surface area contributed by atoms with E-state index in [1.54, 1.807) is 12.3 Å². The topological polar surface area (TPSA) is 74.3 Å². The van der Waals surface area contributed by atoms with Gasteiger partial charge in [-0.3, -0.25) is 9.00 Å². The van der Waals surface area contributed by atoms with Crippen LogP contribution < -0.4 is 11.3 Å². The van der Waals surface area contributed by atoms with Crippen molar-refractivity contribution in [2.45, 2.75) is 24.6 Å². The van der Waals surface area contributed by atoms with E-state index >= 15 is 0 Å². The molecule has 100 valence electrons. The van der Waals surface area contributed by atoms with Crippen LogP contribution in [0.5, 0.6) is 0 Å². The molecule has 1 aromatic rings. The summed E-state index contributed by atoms with van der Waals surface area (Å²) in [7, 11) is -0.902. The average Bonchev–Trinajstić information content (AvgIpc) is 2.40. The molecule has 2 N–H and O–H groups in total. The summed E-state index contributed by atoms with van der Waals surface area (Å²) in [6, 6.07) is 3.01. The van der Waals surface area contributed by atoms with Crippen molar-refractivity contribution >= 4 is 16.5 Å². The van der Waals surface area contributed by atoms with E-state index in [2.05, 4.69) is 0 Å². The number of hydrogen-bond donors (Lipinski definition) is 1. The molecule has 6 heteroatoms.